The molecule has 0 aromatic heterocycles. The van der Waals surface area contributed by atoms with E-state index in [1.54, 1.807) is 13.0 Å². The summed E-state index contributed by atoms with van der Waals surface area (Å²) in [5, 5.41) is 0. The number of hydrogen-bond acceptors (Lipinski definition) is 2. The lowest BCUT2D eigenvalue weighted by Crippen LogP contribution is -2.00. The third-order valence-electron chi connectivity index (χ3n) is 0.751. The lowest BCUT2D eigenvalue weighted by atomic mass is 10.5. The van der Waals surface area contributed by atoms with E-state index in [0.29, 0.717) is 6.61 Å². The summed E-state index contributed by atoms with van der Waals surface area (Å²) in [5.41, 5.74) is 0. The van der Waals surface area contributed by atoms with Gasteiger partial charge in [0.25, 0.3) is 0 Å². The molecule has 0 bridgehead atoms. The van der Waals surface area contributed by atoms with Gasteiger partial charge in [-0.25, -0.2) is 4.79 Å². The summed E-state index contributed by atoms with van der Waals surface area (Å²) < 4.78 is 4.74. The average Bonchev–Trinajstić information content (AvgIpc) is 1.85. The predicted molar refractivity (Wildman–Crippen MR) is 40.5 cm³/mol. The minimum absolute atomic E-state index is 0.228. The zero-order valence-corrected chi connectivity index (χ0v) is 7.89. The van der Waals surface area contributed by atoms with Crippen molar-refractivity contribution in [3.63, 3.8) is 0 Å². The Kier molecular flexibility index (Phi) is 5.21. The Bertz CT molecular complexity index is 110. The highest BCUT2D eigenvalue weighted by molar-refractivity contribution is 6.08. The summed E-state index contributed by atoms with van der Waals surface area (Å²) in [6, 6.07) is 1.02. The summed E-state index contributed by atoms with van der Waals surface area (Å²) in [7, 11) is 1.10. The Labute approximate surface area is 58.3 Å². The maximum absolute atomic E-state index is 10.5. The predicted octanol–water partition coefficient (Wildman–Crippen LogP) is -0.111. The van der Waals surface area contributed by atoms with Crippen molar-refractivity contribution in [3.05, 3.63) is 12.2 Å². The van der Waals surface area contributed by atoms with Crippen molar-refractivity contribution in [1.82, 2.24) is 0 Å². The van der Waals surface area contributed by atoms with Crippen molar-refractivity contribution in [1.29, 1.82) is 0 Å². The molecular weight excluding hydrogens is 132 g/mol. The largest absolute Gasteiger partial charge is 0.463 e. The van der Waals surface area contributed by atoms with Crippen molar-refractivity contribution in [2.24, 2.45) is 0 Å². The molecule has 0 aromatic rings. The van der Waals surface area contributed by atoms with E-state index in [4.69, 9.17) is 4.74 Å². The number of carbonyl (C=O) groups excluding carboxylic acids is 1. The molecule has 0 aliphatic heterocycles. The third kappa shape index (κ3) is 5.30. The zero-order chi connectivity index (χ0) is 7.11. The smallest absolute Gasteiger partial charge is 0.330 e. The summed E-state index contributed by atoms with van der Waals surface area (Å²) in [5.74, 6) is -0.228. The van der Waals surface area contributed by atoms with E-state index in [-0.39, 0.29) is 5.97 Å². The van der Waals surface area contributed by atoms with E-state index in [0.717, 1.165) is 16.3 Å². The molecule has 0 aromatic carbocycles. The van der Waals surface area contributed by atoms with Crippen LogP contribution in [0.4, 0.5) is 0 Å². The van der Waals surface area contributed by atoms with Gasteiger partial charge in [-0.1, -0.05) is 6.08 Å². The molecule has 3 heteroatoms. The molecular formula is C6H12O2Si. The fourth-order valence-electron chi connectivity index (χ4n) is 0.387. The van der Waals surface area contributed by atoms with E-state index in [1.807, 2.05) is 0 Å². The first-order chi connectivity index (χ1) is 4.31. The first-order valence-corrected chi connectivity index (χ1v) is 4.52. The number of rotatable bonds is 3. The van der Waals surface area contributed by atoms with Gasteiger partial charge < -0.3 is 4.74 Å². The molecule has 0 radical (unpaired) electrons. The molecule has 0 saturated heterocycles. The van der Waals surface area contributed by atoms with Gasteiger partial charge in [0.05, 0.1) is 6.61 Å². The van der Waals surface area contributed by atoms with Crippen LogP contribution in [0.15, 0.2) is 12.2 Å². The number of allylic oxidation sites excluding steroid dienone is 1. The number of ether oxygens (including phenoxy) is 1. The summed E-state index contributed by atoms with van der Waals surface area (Å²) in [4.78, 5) is 10.5. The summed E-state index contributed by atoms with van der Waals surface area (Å²) in [6.45, 7) is 2.37. The fourth-order valence-corrected chi connectivity index (χ4v) is 0.591. The normalized spacial score (nSPS) is 10.3. The maximum atomic E-state index is 10.5. The quantitative estimate of drug-likeness (QED) is 0.314. The molecule has 0 N–H and O–H groups in total. The third-order valence-corrected chi connectivity index (χ3v) is 1.16. The van der Waals surface area contributed by atoms with Gasteiger partial charge in [-0.2, -0.15) is 0 Å². The van der Waals surface area contributed by atoms with Crippen LogP contribution >= 0.6 is 0 Å². The second-order valence-corrected chi connectivity index (χ2v) is 2.67. The highest BCUT2D eigenvalue weighted by atomic mass is 28.1. The Morgan fingerprint density at radius 3 is 2.89 bits per heavy atom. The van der Waals surface area contributed by atoms with E-state index in [1.165, 1.54) is 6.08 Å². The van der Waals surface area contributed by atoms with Gasteiger partial charge in [0.1, 0.15) is 0 Å². The van der Waals surface area contributed by atoms with Gasteiger partial charge >= 0.3 is 5.97 Å². The molecule has 0 fully saturated rings. The molecule has 2 nitrogen and oxygen atoms in total. The molecule has 0 amide bonds. The van der Waals surface area contributed by atoms with Gasteiger partial charge in [-0.3, -0.25) is 0 Å². The minimum Gasteiger partial charge on any atom is -0.463 e. The van der Waals surface area contributed by atoms with Crippen molar-refractivity contribution < 1.29 is 9.53 Å². The Morgan fingerprint density at radius 1 is 1.78 bits per heavy atom. The SMILES string of the molecule is CC=CC(=O)OCC[SiH3]. The van der Waals surface area contributed by atoms with Gasteiger partial charge in [-0.15, -0.1) is 0 Å². The van der Waals surface area contributed by atoms with Gasteiger partial charge in [0, 0.05) is 16.3 Å². The Hall–Kier alpha value is -0.573. The fraction of sp³-hybridized carbons (Fsp3) is 0.500. The molecule has 0 spiro atoms. The number of hydrogen-bond donors (Lipinski definition) is 0. The first-order valence-electron chi connectivity index (χ1n) is 3.10. The van der Waals surface area contributed by atoms with E-state index in [9.17, 15) is 4.79 Å². The van der Waals surface area contributed by atoms with Crippen molar-refractivity contribution in [2.75, 3.05) is 6.61 Å². The lowest BCUT2D eigenvalue weighted by Gasteiger charge is -1.95. The lowest BCUT2D eigenvalue weighted by molar-refractivity contribution is -0.137. The van der Waals surface area contributed by atoms with Crippen LogP contribution in [0, 0.1) is 0 Å². The molecule has 52 valence electrons. The molecule has 0 atom stereocenters. The molecule has 0 heterocycles. The molecule has 0 aliphatic rings. The first kappa shape index (κ1) is 8.43. The van der Waals surface area contributed by atoms with Crippen molar-refractivity contribution in [2.45, 2.75) is 13.0 Å². The van der Waals surface area contributed by atoms with Gasteiger partial charge in [0.2, 0.25) is 0 Å². The maximum Gasteiger partial charge on any atom is 0.330 e. The Balaban J connectivity index is 3.27. The van der Waals surface area contributed by atoms with Gasteiger partial charge in [0.15, 0.2) is 0 Å². The number of esters is 1. The molecule has 0 aliphatic carbocycles. The van der Waals surface area contributed by atoms with E-state index < -0.39 is 0 Å². The van der Waals surface area contributed by atoms with Gasteiger partial charge in [-0.05, 0) is 13.0 Å². The van der Waals surface area contributed by atoms with Crippen LogP contribution in [-0.4, -0.2) is 22.8 Å². The minimum atomic E-state index is -0.228. The monoisotopic (exact) mass is 144 g/mol. The molecule has 0 unspecified atom stereocenters. The highest BCUT2D eigenvalue weighted by Crippen LogP contribution is 1.82. The van der Waals surface area contributed by atoms with Crippen molar-refractivity contribution >= 4 is 16.2 Å². The average molecular weight is 144 g/mol. The number of carbonyl (C=O) groups is 1. The molecule has 0 rings (SSSR count). The molecule has 0 saturated carbocycles. The Morgan fingerprint density at radius 2 is 2.44 bits per heavy atom. The van der Waals surface area contributed by atoms with Crippen LogP contribution in [0.25, 0.3) is 0 Å². The van der Waals surface area contributed by atoms with E-state index >= 15 is 0 Å². The van der Waals surface area contributed by atoms with Crippen LogP contribution in [0.1, 0.15) is 6.92 Å². The van der Waals surface area contributed by atoms with E-state index in [2.05, 4.69) is 0 Å². The van der Waals surface area contributed by atoms with Crippen LogP contribution in [-0.2, 0) is 9.53 Å². The van der Waals surface area contributed by atoms with Crippen LogP contribution in [0.2, 0.25) is 6.04 Å². The molecule has 9 heavy (non-hydrogen) atoms. The van der Waals surface area contributed by atoms with Crippen molar-refractivity contribution in [3.8, 4) is 0 Å². The second kappa shape index (κ2) is 5.56. The summed E-state index contributed by atoms with van der Waals surface area (Å²) >= 11 is 0. The second-order valence-electron chi connectivity index (χ2n) is 1.67. The zero-order valence-electron chi connectivity index (χ0n) is 5.89. The van der Waals surface area contributed by atoms with Crippen LogP contribution in [0.3, 0.4) is 0 Å². The van der Waals surface area contributed by atoms with Crippen LogP contribution < -0.4 is 0 Å². The topological polar surface area (TPSA) is 26.3 Å². The van der Waals surface area contributed by atoms with Crippen LogP contribution in [0.5, 0.6) is 0 Å². The summed E-state index contributed by atoms with van der Waals surface area (Å²) in [6.07, 6.45) is 3.10. The highest BCUT2D eigenvalue weighted by Gasteiger charge is 1.90. The standard InChI is InChI=1S/C6H12O2Si/c1-2-3-6(7)8-4-5-9/h2-3H,4-5H2,1,9H3.